The zero-order valence-electron chi connectivity index (χ0n) is 8.67. The Morgan fingerprint density at radius 3 is 2.82 bits per heavy atom. The predicted molar refractivity (Wildman–Crippen MR) is 49.8 cm³/mol. The first-order valence-electron chi connectivity index (χ1n) is 5.01. The maximum absolute atomic E-state index is 12.2. The van der Waals surface area contributed by atoms with E-state index in [9.17, 15) is 18.0 Å². The van der Waals surface area contributed by atoms with Crippen molar-refractivity contribution in [3.05, 3.63) is 11.3 Å². The maximum atomic E-state index is 12.2. The topological polar surface area (TPSA) is 70.6 Å². The van der Waals surface area contributed by atoms with Crippen LogP contribution in [0.15, 0.2) is 11.3 Å². The molecule has 0 saturated heterocycles. The summed E-state index contributed by atoms with van der Waals surface area (Å²) in [5.74, 6) is -1.12. The first kappa shape index (κ1) is 12.2. The van der Waals surface area contributed by atoms with E-state index in [0.717, 1.165) is 0 Å². The Morgan fingerprint density at radius 1 is 1.53 bits per heavy atom. The highest BCUT2D eigenvalue weighted by molar-refractivity contribution is 5.78. The van der Waals surface area contributed by atoms with Gasteiger partial charge in [0.1, 0.15) is 6.04 Å². The van der Waals surface area contributed by atoms with Gasteiger partial charge in [-0.1, -0.05) is 0 Å². The molecule has 3 N–H and O–H groups in total. The van der Waals surface area contributed by atoms with E-state index in [2.05, 4.69) is 10.9 Å². The third-order valence-electron chi connectivity index (χ3n) is 2.72. The molecule has 2 aliphatic rings. The van der Waals surface area contributed by atoms with Crippen LogP contribution in [0.3, 0.4) is 0 Å². The van der Waals surface area contributed by atoms with Crippen LogP contribution >= 0.6 is 0 Å². The summed E-state index contributed by atoms with van der Waals surface area (Å²) in [5.41, 5.74) is 6.08. The van der Waals surface area contributed by atoms with Crippen molar-refractivity contribution in [1.29, 1.82) is 0 Å². The van der Waals surface area contributed by atoms with Crippen molar-refractivity contribution < 1.29 is 27.8 Å². The number of hydrazine groups is 1. The molecule has 0 aromatic carbocycles. The molecular formula is C9H11F3N2O3. The second kappa shape index (κ2) is 4.19. The molecule has 17 heavy (non-hydrogen) atoms. The monoisotopic (exact) mass is 252 g/mol. The normalized spacial score (nSPS) is 28.9. The molecule has 0 radical (unpaired) electrons. The van der Waals surface area contributed by atoms with Crippen molar-refractivity contribution in [2.75, 3.05) is 6.61 Å². The molecule has 5 nitrogen and oxygen atoms in total. The minimum Gasteiger partial charge on any atom is -0.480 e. The molecule has 2 heterocycles. The molecule has 0 saturated carbocycles. The highest BCUT2D eigenvalue weighted by Crippen LogP contribution is 2.31. The molecule has 0 aromatic rings. The van der Waals surface area contributed by atoms with E-state index < -0.39 is 30.7 Å². The largest absolute Gasteiger partial charge is 0.480 e. The van der Waals surface area contributed by atoms with E-state index in [1.165, 1.54) is 0 Å². The van der Waals surface area contributed by atoms with Crippen molar-refractivity contribution in [3.63, 3.8) is 0 Å². The number of halogens is 3. The van der Waals surface area contributed by atoms with Crippen molar-refractivity contribution in [1.82, 2.24) is 10.9 Å². The summed E-state index contributed by atoms with van der Waals surface area (Å²) in [4.78, 5) is 10.8. The van der Waals surface area contributed by atoms with Crippen LogP contribution in [0.25, 0.3) is 0 Å². The molecule has 96 valence electrons. The fourth-order valence-electron chi connectivity index (χ4n) is 1.98. The first-order chi connectivity index (χ1) is 7.87. The van der Waals surface area contributed by atoms with E-state index in [-0.39, 0.29) is 13.0 Å². The minimum atomic E-state index is -4.30. The Bertz CT molecular complexity index is 367. The average Bonchev–Trinajstić information content (AvgIpc) is 2.57. The van der Waals surface area contributed by atoms with Crippen molar-refractivity contribution in [2.24, 2.45) is 0 Å². The first-order valence-corrected chi connectivity index (χ1v) is 5.01. The zero-order chi connectivity index (χ0) is 12.6. The zero-order valence-corrected chi connectivity index (χ0v) is 8.67. The van der Waals surface area contributed by atoms with Crippen LogP contribution in [0.2, 0.25) is 0 Å². The summed E-state index contributed by atoms with van der Waals surface area (Å²) in [6.45, 7) is -0.0210. The smallest absolute Gasteiger partial charge is 0.391 e. The number of carboxylic acids is 1. The Balaban J connectivity index is 2.06. The summed E-state index contributed by atoms with van der Waals surface area (Å²) < 4.78 is 41.6. The number of aliphatic carboxylic acids is 1. The number of nitrogens with one attached hydrogen (secondary N) is 2. The summed E-state index contributed by atoms with van der Waals surface area (Å²) in [6.07, 6.45) is -6.39. The highest BCUT2D eigenvalue weighted by Gasteiger charge is 2.39. The molecule has 2 unspecified atom stereocenters. The molecule has 2 atom stereocenters. The minimum absolute atomic E-state index is 0.0210. The molecule has 0 fully saturated rings. The standard InChI is InChI=1S/C9H11F3N2O3/c10-9(11,12)2-4-1-5-6(3-17-4)13-14-7(5)8(15)16/h4,7,13-14H,1-3H2,(H,15,16). The Morgan fingerprint density at radius 2 is 2.24 bits per heavy atom. The van der Waals surface area contributed by atoms with E-state index >= 15 is 0 Å². The van der Waals surface area contributed by atoms with Crippen LogP contribution < -0.4 is 10.9 Å². The van der Waals surface area contributed by atoms with Crippen LogP contribution in [0.1, 0.15) is 12.8 Å². The highest BCUT2D eigenvalue weighted by atomic mass is 19.4. The molecule has 2 rings (SSSR count). The molecule has 2 aliphatic heterocycles. The lowest BCUT2D eigenvalue weighted by atomic mass is 9.96. The molecule has 0 spiro atoms. The van der Waals surface area contributed by atoms with Gasteiger partial charge in [-0.05, 0) is 12.0 Å². The van der Waals surface area contributed by atoms with E-state index in [1.54, 1.807) is 0 Å². The number of rotatable bonds is 2. The molecule has 0 bridgehead atoms. The lowest BCUT2D eigenvalue weighted by molar-refractivity contribution is -0.160. The molecule has 0 aromatic heterocycles. The number of carbonyl (C=O) groups is 1. The quantitative estimate of drug-likeness (QED) is 0.669. The average molecular weight is 252 g/mol. The second-order valence-electron chi connectivity index (χ2n) is 4.00. The number of hydrogen-bond acceptors (Lipinski definition) is 4. The maximum Gasteiger partial charge on any atom is 0.391 e. The number of alkyl halides is 3. The summed E-state index contributed by atoms with van der Waals surface area (Å²) in [5, 5.41) is 8.87. The van der Waals surface area contributed by atoms with Crippen LogP contribution in [0.5, 0.6) is 0 Å². The predicted octanol–water partition coefficient (Wildman–Crippen LogP) is 0.543. The molecule has 8 heteroatoms. The van der Waals surface area contributed by atoms with Crippen LogP contribution in [0, 0.1) is 0 Å². The van der Waals surface area contributed by atoms with Gasteiger partial charge in [-0.2, -0.15) is 13.2 Å². The fraction of sp³-hybridized carbons (Fsp3) is 0.667. The van der Waals surface area contributed by atoms with Gasteiger partial charge in [-0.15, -0.1) is 0 Å². The summed E-state index contributed by atoms with van der Waals surface area (Å²) >= 11 is 0. The lowest BCUT2D eigenvalue weighted by Crippen LogP contribution is -2.38. The van der Waals surface area contributed by atoms with E-state index in [0.29, 0.717) is 11.3 Å². The van der Waals surface area contributed by atoms with Crippen LogP contribution in [-0.2, 0) is 9.53 Å². The Kier molecular flexibility index (Phi) is 3.00. The molecule has 0 aliphatic carbocycles. The van der Waals surface area contributed by atoms with Crippen molar-refractivity contribution in [3.8, 4) is 0 Å². The fourth-order valence-corrected chi connectivity index (χ4v) is 1.98. The van der Waals surface area contributed by atoms with Gasteiger partial charge in [-0.3, -0.25) is 4.79 Å². The summed E-state index contributed by atoms with van der Waals surface area (Å²) in [6, 6.07) is -0.968. The number of hydrogen-bond donors (Lipinski definition) is 3. The summed E-state index contributed by atoms with van der Waals surface area (Å²) in [7, 11) is 0. The van der Waals surface area contributed by atoms with Gasteiger partial charge in [0.15, 0.2) is 0 Å². The van der Waals surface area contributed by atoms with Gasteiger partial charge in [-0.25, -0.2) is 5.43 Å². The molecule has 0 amide bonds. The third-order valence-corrected chi connectivity index (χ3v) is 2.72. The van der Waals surface area contributed by atoms with Gasteiger partial charge >= 0.3 is 12.1 Å². The van der Waals surface area contributed by atoms with E-state index in [4.69, 9.17) is 9.84 Å². The second-order valence-corrected chi connectivity index (χ2v) is 4.00. The van der Waals surface area contributed by atoms with Gasteiger partial charge in [0, 0.05) is 0 Å². The van der Waals surface area contributed by atoms with Crippen LogP contribution in [0.4, 0.5) is 13.2 Å². The SMILES string of the molecule is O=C(O)C1NNC2=C1CC(CC(F)(F)F)OC2. The number of ether oxygens (including phenoxy) is 1. The van der Waals surface area contributed by atoms with Gasteiger partial charge in [0.25, 0.3) is 0 Å². The number of carboxylic acid groups (broad SMARTS) is 1. The Hall–Kier alpha value is -1.28. The van der Waals surface area contributed by atoms with Crippen molar-refractivity contribution >= 4 is 5.97 Å². The van der Waals surface area contributed by atoms with Crippen molar-refractivity contribution in [2.45, 2.75) is 31.2 Å². The lowest BCUT2D eigenvalue weighted by Gasteiger charge is -2.25. The van der Waals surface area contributed by atoms with Crippen LogP contribution in [-0.4, -0.2) is 36.0 Å². The van der Waals surface area contributed by atoms with Gasteiger partial charge in [0.2, 0.25) is 0 Å². The van der Waals surface area contributed by atoms with E-state index in [1.807, 2.05) is 0 Å². The van der Waals surface area contributed by atoms with Gasteiger partial charge < -0.3 is 15.3 Å². The Labute approximate surface area is 94.6 Å². The third kappa shape index (κ3) is 2.70. The molecular weight excluding hydrogens is 241 g/mol. The van der Waals surface area contributed by atoms with Gasteiger partial charge in [0.05, 0.1) is 24.8 Å².